The number of hydrogen-bond donors (Lipinski definition) is 4. The third-order valence-corrected chi connectivity index (χ3v) is 8.42. The molecule has 1 saturated heterocycles. The highest BCUT2D eigenvalue weighted by atomic mass is 79.9. The van der Waals surface area contributed by atoms with E-state index in [1.54, 1.807) is 6.92 Å². The van der Waals surface area contributed by atoms with Crippen molar-refractivity contribution in [1.29, 1.82) is 0 Å². The van der Waals surface area contributed by atoms with Crippen molar-refractivity contribution >= 4 is 45.5 Å². The summed E-state index contributed by atoms with van der Waals surface area (Å²) in [5.74, 6) is -0.602. The van der Waals surface area contributed by atoms with Gasteiger partial charge in [0.1, 0.15) is 6.04 Å². The Kier molecular flexibility index (Phi) is 9.43. The third-order valence-electron chi connectivity index (χ3n) is 6.27. The van der Waals surface area contributed by atoms with Crippen LogP contribution in [0.15, 0.2) is 53.0 Å². The van der Waals surface area contributed by atoms with E-state index in [1.807, 2.05) is 69.3 Å². The van der Waals surface area contributed by atoms with E-state index in [-0.39, 0.29) is 18.3 Å². The molecule has 10 heteroatoms. The lowest BCUT2D eigenvalue weighted by atomic mass is 9.99. The molecule has 1 fully saturated rings. The highest BCUT2D eigenvalue weighted by molar-refractivity contribution is 9.10. The van der Waals surface area contributed by atoms with E-state index in [4.69, 9.17) is 0 Å². The minimum atomic E-state index is -1.50. The molecule has 36 heavy (non-hydrogen) atoms. The summed E-state index contributed by atoms with van der Waals surface area (Å²) < 4.78 is 0.330. The summed E-state index contributed by atoms with van der Waals surface area (Å²) in [7, 11) is 0. The molecule has 1 heterocycles. The van der Waals surface area contributed by atoms with Crippen LogP contribution in [0.4, 0.5) is 4.79 Å². The Bertz CT molecular complexity index is 1110. The number of hydrogen-bond acceptors (Lipinski definition) is 5. The summed E-state index contributed by atoms with van der Waals surface area (Å²) in [6, 6.07) is 13.2. The lowest BCUT2D eigenvalue weighted by Gasteiger charge is -2.32. The van der Waals surface area contributed by atoms with Gasteiger partial charge >= 0.3 is 6.03 Å². The molecule has 0 unspecified atom stereocenters. The van der Waals surface area contributed by atoms with Crippen molar-refractivity contribution in [3.05, 3.63) is 69.7 Å². The zero-order valence-electron chi connectivity index (χ0n) is 20.9. The summed E-state index contributed by atoms with van der Waals surface area (Å²) in [5, 5.41) is 19.1. The first-order chi connectivity index (χ1) is 17.0. The Labute approximate surface area is 224 Å². The maximum Gasteiger partial charge on any atom is 0.315 e. The number of aliphatic hydroxyl groups excluding tert-OH is 1. The van der Waals surface area contributed by atoms with Gasteiger partial charge in [-0.3, -0.25) is 9.59 Å². The SMILES string of the molecule is Cc1ccccc1CNC(=O)[C@H]1N(C(=O)[C@@H](O)[C@H](C)NC(=O)NCc2ccccc2Br)CSC1(C)C. The number of rotatable bonds is 8. The molecule has 0 radical (unpaired) electrons. The Morgan fingerprint density at radius 2 is 1.69 bits per heavy atom. The Morgan fingerprint density at radius 1 is 1.08 bits per heavy atom. The molecular formula is C26H33BrN4O4S. The number of halogens is 1. The number of urea groups is 1. The van der Waals surface area contributed by atoms with Gasteiger partial charge in [0.25, 0.3) is 5.91 Å². The van der Waals surface area contributed by atoms with Crippen LogP contribution in [-0.2, 0) is 22.7 Å². The summed E-state index contributed by atoms with van der Waals surface area (Å²) >= 11 is 4.91. The molecule has 8 nitrogen and oxygen atoms in total. The Morgan fingerprint density at radius 3 is 2.36 bits per heavy atom. The molecule has 0 aromatic heterocycles. The first kappa shape index (κ1) is 28.0. The third kappa shape index (κ3) is 6.80. The van der Waals surface area contributed by atoms with Crippen LogP contribution >= 0.6 is 27.7 Å². The zero-order valence-corrected chi connectivity index (χ0v) is 23.3. The molecule has 2 aromatic rings. The average molecular weight is 578 g/mol. The normalized spacial score (nSPS) is 18.3. The van der Waals surface area contributed by atoms with Crippen molar-refractivity contribution in [3.63, 3.8) is 0 Å². The van der Waals surface area contributed by atoms with Gasteiger partial charge in [-0.05, 0) is 50.5 Å². The van der Waals surface area contributed by atoms with Gasteiger partial charge in [0.2, 0.25) is 5.91 Å². The van der Waals surface area contributed by atoms with E-state index in [2.05, 4.69) is 31.9 Å². The number of carbonyl (C=O) groups excluding carboxylic acids is 3. The van der Waals surface area contributed by atoms with Crippen molar-refractivity contribution in [1.82, 2.24) is 20.9 Å². The first-order valence-electron chi connectivity index (χ1n) is 11.7. The predicted molar refractivity (Wildman–Crippen MR) is 145 cm³/mol. The maximum atomic E-state index is 13.2. The quantitative estimate of drug-likeness (QED) is 0.385. The lowest BCUT2D eigenvalue weighted by Crippen LogP contribution is -2.58. The van der Waals surface area contributed by atoms with Gasteiger partial charge in [-0.1, -0.05) is 58.4 Å². The summed E-state index contributed by atoms with van der Waals surface area (Å²) in [5.41, 5.74) is 2.96. The summed E-state index contributed by atoms with van der Waals surface area (Å²) in [4.78, 5) is 40.2. The van der Waals surface area contributed by atoms with Gasteiger partial charge in [-0.15, -0.1) is 11.8 Å². The fraction of sp³-hybridized carbons (Fsp3) is 0.423. The largest absolute Gasteiger partial charge is 0.381 e. The second-order valence-electron chi connectivity index (χ2n) is 9.38. The van der Waals surface area contributed by atoms with Crippen molar-refractivity contribution in [2.45, 2.75) is 63.7 Å². The fourth-order valence-corrected chi connectivity index (χ4v) is 5.60. The van der Waals surface area contributed by atoms with Crippen LogP contribution in [0.3, 0.4) is 0 Å². The van der Waals surface area contributed by atoms with E-state index in [9.17, 15) is 19.5 Å². The molecule has 0 bridgehead atoms. The number of carbonyl (C=O) groups is 3. The number of thioether (sulfide) groups is 1. The van der Waals surface area contributed by atoms with Crippen LogP contribution in [0.2, 0.25) is 0 Å². The lowest BCUT2D eigenvalue weighted by molar-refractivity contribution is -0.147. The monoisotopic (exact) mass is 576 g/mol. The van der Waals surface area contributed by atoms with Gasteiger partial charge in [0.05, 0.1) is 11.9 Å². The van der Waals surface area contributed by atoms with E-state index in [0.29, 0.717) is 6.54 Å². The van der Waals surface area contributed by atoms with Crippen LogP contribution in [0.1, 0.15) is 37.5 Å². The minimum absolute atomic E-state index is 0.270. The standard InChI is InChI=1S/C26H33BrN4O4S/c1-16-9-5-6-10-18(16)13-28-23(33)22-26(3,4)36-15-31(22)24(34)21(32)17(2)30-25(35)29-14-19-11-7-8-12-20(19)27/h5-12,17,21-22,32H,13-15H2,1-4H3,(H,28,33)(H2,29,30,35)/t17-,21-,22+/m0/s1. The van der Waals surface area contributed by atoms with Gasteiger partial charge in [-0.2, -0.15) is 0 Å². The number of aryl methyl sites for hydroxylation is 1. The zero-order chi connectivity index (χ0) is 26.5. The summed E-state index contributed by atoms with van der Waals surface area (Å²) in [6.45, 7) is 7.99. The predicted octanol–water partition coefficient (Wildman–Crippen LogP) is 3.30. The Hall–Kier alpha value is -2.56. The van der Waals surface area contributed by atoms with E-state index < -0.39 is 34.9 Å². The molecule has 0 saturated carbocycles. The van der Waals surface area contributed by atoms with Crippen molar-refractivity contribution in [2.24, 2.45) is 0 Å². The molecule has 4 amide bonds. The molecular weight excluding hydrogens is 544 g/mol. The van der Waals surface area contributed by atoms with Crippen molar-refractivity contribution in [3.8, 4) is 0 Å². The average Bonchev–Trinajstić information content (AvgIpc) is 3.16. The van der Waals surface area contributed by atoms with Crippen molar-refractivity contribution in [2.75, 3.05) is 5.88 Å². The second-order valence-corrected chi connectivity index (χ2v) is 11.8. The van der Waals surface area contributed by atoms with Crippen LogP contribution in [0.25, 0.3) is 0 Å². The van der Waals surface area contributed by atoms with Crippen LogP contribution in [0, 0.1) is 6.92 Å². The smallest absolute Gasteiger partial charge is 0.315 e. The van der Waals surface area contributed by atoms with Crippen LogP contribution in [0.5, 0.6) is 0 Å². The fourth-order valence-electron chi connectivity index (χ4n) is 4.04. The van der Waals surface area contributed by atoms with Gasteiger partial charge in [0, 0.05) is 22.3 Å². The number of amides is 4. The molecule has 0 spiro atoms. The molecule has 1 aliphatic heterocycles. The molecule has 3 atom stereocenters. The number of nitrogens with one attached hydrogen (secondary N) is 3. The number of aliphatic hydroxyl groups is 1. The minimum Gasteiger partial charge on any atom is -0.381 e. The first-order valence-corrected chi connectivity index (χ1v) is 13.5. The van der Waals surface area contributed by atoms with Gasteiger partial charge in [0.15, 0.2) is 6.10 Å². The molecule has 194 valence electrons. The second kappa shape index (κ2) is 12.1. The highest BCUT2D eigenvalue weighted by Crippen LogP contribution is 2.39. The molecule has 2 aromatic carbocycles. The molecule has 1 aliphatic rings. The molecule has 3 rings (SSSR count). The number of nitrogens with zero attached hydrogens (tertiary/aromatic N) is 1. The maximum absolute atomic E-state index is 13.2. The topological polar surface area (TPSA) is 111 Å². The van der Waals surface area contributed by atoms with E-state index in [0.717, 1.165) is 21.2 Å². The molecule has 0 aliphatic carbocycles. The van der Waals surface area contributed by atoms with E-state index >= 15 is 0 Å². The van der Waals surface area contributed by atoms with Crippen LogP contribution < -0.4 is 16.0 Å². The van der Waals surface area contributed by atoms with Crippen LogP contribution in [-0.4, -0.2) is 56.7 Å². The Balaban J connectivity index is 1.60. The molecule has 4 N–H and O–H groups in total. The van der Waals surface area contributed by atoms with Gasteiger partial charge < -0.3 is 26.0 Å². The van der Waals surface area contributed by atoms with Crippen molar-refractivity contribution < 1.29 is 19.5 Å². The van der Waals surface area contributed by atoms with Gasteiger partial charge in [-0.25, -0.2) is 4.79 Å². The summed E-state index contributed by atoms with van der Waals surface area (Å²) in [6.07, 6.45) is -1.50. The van der Waals surface area contributed by atoms with E-state index in [1.165, 1.54) is 16.7 Å². The highest BCUT2D eigenvalue weighted by Gasteiger charge is 2.49. The number of benzene rings is 2.